The third kappa shape index (κ3) is 5.32. The van der Waals surface area contributed by atoms with Crippen molar-refractivity contribution in [2.24, 2.45) is 24.8 Å². The molecule has 0 N–H and O–H groups in total. The first-order valence-corrected chi connectivity index (χ1v) is 11.2. The molecule has 29 heavy (non-hydrogen) atoms. The number of nitrogens with zero attached hydrogens (tertiary/aromatic N) is 3. The molecule has 3 rings (SSSR count). The Hall–Kier alpha value is -2.02. The molecule has 6 nitrogen and oxygen atoms in total. The molecule has 158 valence electrons. The van der Waals surface area contributed by atoms with Crippen molar-refractivity contribution in [3.05, 3.63) is 24.3 Å². The molecule has 0 aliphatic heterocycles. The second-order valence-electron chi connectivity index (χ2n) is 8.24. The number of hydrogen-bond donors (Lipinski definition) is 0. The van der Waals surface area contributed by atoms with E-state index in [1.807, 2.05) is 35.9 Å². The van der Waals surface area contributed by atoms with Crippen molar-refractivity contribution in [1.29, 1.82) is 0 Å². The molecule has 0 bridgehead atoms. The summed E-state index contributed by atoms with van der Waals surface area (Å²) in [6, 6.07) is 7.68. The summed E-state index contributed by atoms with van der Waals surface area (Å²) in [5, 5.41) is 9.22. The molecule has 1 aromatic heterocycles. The summed E-state index contributed by atoms with van der Waals surface area (Å²) in [4.78, 5) is 12.5. The highest BCUT2D eigenvalue weighted by atomic mass is 32.2. The van der Waals surface area contributed by atoms with Crippen LogP contribution in [-0.4, -0.2) is 39.7 Å². The number of hydrogen-bond acceptors (Lipinski definition) is 6. The third-order valence-corrected chi connectivity index (χ3v) is 6.74. The zero-order chi connectivity index (χ0) is 21.0. The van der Waals surface area contributed by atoms with Gasteiger partial charge in [0.05, 0.1) is 12.9 Å². The lowest BCUT2D eigenvalue weighted by Crippen LogP contribution is -2.36. The molecule has 0 amide bonds. The Morgan fingerprint density at radius 1 is 1.24 bits per heavy atom. The van der Waals surface area contributed by atoms with Gasteiger partial charge in [-0.15, -0.1) is 10.2 Å². The minimum absolute atomic E-state index is 0.0289. The Kier molecular flexibility index (Phi) is 7.22. The van der Waals surface area contributed by atoms with Gasteiger partial charge >= 0.3 is 5.97 Å². The number of methoxy groups -OCH3 is 1. The van der Waals surface area contributed by atoms with Gasteiger partial charge in [-0.3, -0.25) is 4.79 Å². The van der Waals surface area contributed by atoms with Gasteiger partial charge in [0.15, 0.2) is 11.0 Å². The number of carbonyl (C=O) groups is 1. The first-order chi connectivity index (χ1) is 13.9. The summed E-state index contributed by atoms with van der Waals surface area (Å²) in [5.41, 5.74) is 0.950. The Balaban J connectivity index is 1.59. The van der Waals surface area contributed by atoms with Gasteiger partial charge in [-0.2, -0.15) is 0 Å². The SMILES string of the molecule is COc1ccc(-c2nnc(SCC(=O)O[C@@H]3C[C@@H](C)CC[C@@H]3C(C)C)n2C)cc1. The topological polar surface area (TPSA) is 66.2 Å². The van der Waals surface area contributed by atoms with Crippen LogP contribution in [0.3, 0.4) is 0 Å². The van der Waals surface area contributed by atoms with E-state index in [9.17, 15) is 4.79 Å². The van der Waals surface area contributed by atoms with Crippen LogP contribution in [-0.2, 0) is 16.6 Å². The standard InChI is InChI=1S/C22H31N3O3S/c1-14(2)18-11-6-15(3)12-19(18)28-20(26)13-29-22-24-23-21(25(22)4)16-7-9-17(27-5)10-8-16/h7-10,14-15,18-19H,6,11-13H2,1-5H3/t15-,18+,19+/m0/s1. The summed E-state index contributed by atoms with van der Waals surface area (Å²) < 4.78 is 13.0. The first-order valence-electron chi connectivity index (χ1n) is 10.2. The molecule has 1 aliphatic carbocycles. The molecule has 0 unspecified atom stereocenters. The molecule has 0 spiro atoms. The van der Waals surface area contributed by atoms with E-state index in [1.165, 1.54) is 18.2 Å². The monoisotopic (exact) mass is 417 g/mol. The molecule has 1 heterocycles. The van der Waals surface area contributed by atoms with Gasteiger partial charge in [0.1, 0.15) is 11.9 Å². The molecule has 0 saturated heterocycles. The largest absolute Gasteiger partial charge is 0.497 e. The molecule has 1 saturated carbocycles. The second kappa shape index (κ2) is 9.65. The van der Waals surface area contributed by atoms with Gasteiger partial charge < -0.3 is 14.0 Å². The van der Waals surface area contributed by atoms with E-state index in [4.69, 9.17) is 9.47 Å². The Bertz CT molecular complexity index is 819. The highest BCUT2D eigenvalue weighted by molar-refractivity contribution is 7.99. The summed E-state index contributed by atoms with van der Waals surface area (Å²) >= 11 is 1.37. The van der Waals surface area contributed by atoms with Crippen LogP contribution in [0.4, 0.5) is 0 Å². The van der Waals surface area contributed by atoms with Gasteiger partial charge in [-0.05, 0) is 54.9 Å². The summed E-state index contributed by atoms with van der Waals surface area (Å²) in [6.07, 6.45) is 3.35. The fourth-order valence-electron chi connectivity index (χ4n) is 4.01. The molecule has 1 aromatic carbocycles. The van der Waals surface area contributed by atoms with E-state index in [2.05, 4.69) is 31.0 Å². The van der Waals surface area contributed by atoms with Crippen LogP contribution in [0.15, 0.2) is 29.4 Å². The Labute approximate surface area is 177 Å². The van der Waals surface area contributed by atoms with Gasteiger partial charge in [0, 0.05) is 12.6 Å². The lowest BCUT2D eigenvalue weighted by atomic mass is 9.75. The van der Waals surface area contributed by atoms with Crippen molar-refractivity contribution in [3.8, 4) is 17.1 Å². The molecule has 0 radical (unpaired) electrons. The van der Waals surface area contributed by atoms with Gasteiger partial charge in [-0.1, -0.05) is 39.0 Å². The smallest absolute Gasteiger partial charge is 0.316 e. The number of benzene rings is 1. The highest BCUT2D eigenvalue weighted by Crippen LogP contribution is 2.35. The number of rotatable bonds is 7. The van der Waals surface area contributed by atoms with Crippen LogP contribution >= 0.6 is 11.8 Å². The van der Waals surface area contributed by atoms with Gasteiger partial charge in [0.25, 0.3) is 0 Å². The van der Waals surface area contributed by atoms with E-state index >= 15 is 0 Å². The van der Waals surface area contributed by atoms with E-state index in [0.717, 1.165) is 30.0 Å². The van der Waals surface area contributed by atoms with E-state index in [0.29, 0.717) is 22.9 Å². The average molecular weight is 418 g/mol. The van der Waals surface area contributed by atoms with E-state index in [1.54, 1.807) is 7.11 Å². The van der Waals surface area contributed by atoms with Crippen molar-refractivity contribution in [1.82, 2.24) is 14.8 Å². The maximum Gasteiger partial charge on any atom is 0.316 e. The molecular weight excluding hydrogens is 386 g/mol. The van der Waals surface area contributed by atoms with Crippen molar-refractivity contribution >= 4 is 17.7 Å². The lowest BCUT2D eigenvalue weighted by molar-refractivity contribution is -0.152. The molecule has 2 aromatic rings. The predicted molar refractivity (Wildman–Crippen MR) is 115 cm³/mol. The zero-order valence-electron chi connectivity index (χ0n) is 17.9. The summed E-state index contributed by atoms with van der Waals surface area (Å²) in [5.74, 6) is 3.21. The quantitative estimate of drug-likeness (QED) is 0.485. The van der Waals surface area contributed by atoms with Crippen molar-refractivity contribution < 1.29 is 14.3 Å². The van der Waals surface area contributed by atoms with Crippen LogP contribution in [0, 0.1) is 17.8 Å². The van der Waals surface area contributed by atoms with Crippen molar-refractivity contribution in [2.45, 2.75) is 51.3 Å². The Morgan fingerprint density at radius 2 is 1.97 bits per heavy atom. The maximum absolute atomic E-state index is 12.5. The number of carbonyl (C=O) groups excluding carboxylic acids is 1. The van der Waals surface area contributed by atoms with Crippen LogP contribution in [0.1, 0.15) is 40.0 Å². The average Bonchev–Trinajstić information content (AvgIpc) is 3.06. The second-order valence-corrected chi connectivity index (χ2v) is 9.18. The summed E-state index contributed by atoms with van der Waals surface area (Å²) in [7, 11) is 3.55. The predicted octanol–water partition coefficient (Wildman–Crippen LogP) is 4.59. The van der Waals surface area contributed by atoms with E-state index < -0.39 is 0 Å². The Morgan fingerprint density at radius 3 is 2.62 bits per heavy atom. The highest BCUT2D eigenvalue weighted by Gasteiger charge is 2.33. The zero-order valence-corrected chi connectivity index (χ0v) is 18.7. The van der Waals surface area contributed by atoms with Crippen LogP contribution in [0.25, 0.3) is 11.4 Å². The van der Waals surface area contributed by atoms with Crippen LogP contribution in [0.2, 0.25) is 0 Å². The lowest BCUT2D eigenvalue weighted by Gasteiger charge is -2.36. The molecule has 3 atom stereocenters. The molecule has 1 fully saturated rings. The first kappa shape index (κ1) is 21.7. The fourth-order valence-corrected chi connectivity index (χ4v) is 4.70. The van der Waals surface area contributed by atoms with Gasteiger partial charge in [-0.25, -0.2) is 0 Å². The van der Waals surface area contributed by atoms with Crippen LogP contribution in [0.5, 0.6) is 5.75 Å². The molecular formula is C22H31N3O3S. The van der Waals surface area contributed by atoms with Gasteiger partial charge in [0.2, 0.25) is 0 Å². The number of thioether (sulfide) groups is 1. The molecule has 1 aliphatic rings. The number of esters is 1. The number of aromatic nitrogens is 3. The normalized spacial score (nSPS) is 21.9. The minimum Gasteiger partial charge on any atom is -0.497 e. The fraction of sp³-hybridized carbons (Fsp3) is 0.591. The number of ether oxygens (including phenoxy) is 2. The van der Waals surface area contributed by atoms with Crippen molar-refractivity contribution in [2.75, 3.05) is 12.9 Å². The minimum atomic E-state index is -0.172. The summed E-state index contributed by atoms with van der Waals surface area (Å²) in [6.45, 7) is 6.68. The van der Waals surface area contributed by atoms with Crippen LogP contribution < -0.4 is 4.74 Å². The third-order valence-electron chi connectivity index (χ3n) is 5.75. The maximum atomic E-state index is 12.5. The molecule has 7 heteroatoms. The van der Waals surface area contributed by atoms with Crippen molar-refractivity contribution in [3.63, 3.8) is 0 Å². The van der Waals surface area contributed by atoms with E-state index in [-0.39, 0.29) is 17.8 Å².